The average molecular weight is 453 g/mol. The van der Waals surface area contributed by atoms with Gasteiger partial charge >= 0.3 is 6.18 Å². The lowest BCUT2D eigenvalue weighted by Gasteiger charge is -2.31. The van der Waals surface area contributed by atoms with Crippen molar-refractivity contribution in [3.05, 3.63) is 53.6 Å². The fourth-order valence-corrected chi connectivity index (χ4v) is 3.29. The number of halogens is 3. The normalized spacial score (nSPS) is 14.1. The number of rotatable bonds is 5. The molecule has 0 unspecified atom stereocenters. The van der Waals surface area contributed by atoms with Gasteiger partial charge in [0.25, 0.3) is 5.91 Å². The van der Waals surface area contributed by atoms with Crippen LogP contribution in [-0.4, -0.2) is 43.9 Å². The summed E-state index contributed by atoms with van der Waals surface area (Å²) in [5.41, 5.74) is 0.865. The van der Waals surface area contributed by atoms with E-state index in [1.54, 1.807) is 18.2 Å². The van der Waals surface area contributed by atoms with Gasteiger partial charge in [-0.05, 0) is 55.0 Å². The van der Waals surface area contributed by atoms with Crippen LogP contribution in [-0.2, 0) is 15.7 Å². The summed E-state index contributed by atoms with van der Waals surface area (Å²) in [6, 6.07) is 10.6. The summed E-state index contributed by atoms with van der Waals surface area (Å²) in [5, 5.41) is 5.03. The molecule has 3 rings (SSSR count). The van der Waals surface area contributed by atoms with Crippen LogP contribution in [0.15, 0.2) is 42.5 Å². The van der Waals surface area contributed by atoms with Gasteiger partial charge in [-0.25, -0.2) is 0 Å². The molecule has 31 heavy (non-hydrogen) atoms. The minimum absolute atomic E-state index is 0.119. The molecule has 1 saturated heterocycles. The zero-order valence-corrected chi connectivity index (χ0v) is 17.6. The molecule has 2 N–H and O–H groups in total. The van der Waals surface area contributed by atoms with Gasteiger partial charge in [-0.2, -0.15) is 13.2 Å². The molecule has 1 amide bonds. The number of nitrogens with one attached hydrogen (secondary N) is 2. The van der Waals surface area contributed by atoms with E-state index in [1.807, 2.05) is 17.9 Å². The van der Waals surface area contributed by atoms with Crippen LogP contribution in [0, 0.1) is 6.92 Å². The molecule has 0 spiro atoms. The Bertz CT molecular complexity index is 947. The molecule has 0 aliphatic carbocycles. The Morgan fingerprint density at radius 3 is 2.61 bits per heavy atom. The summed E-state index contributed by atoms with van der Waals surface area (Å²) in [6.07, 6.45) is -4.51. The summed E-state index contributed by atoms with van der Waals surface area (Å²) >= 11 is 5.14. The molecule has 2 aromatic carbocycles. The zero-order valence-electron chi connectivity index (χ0n) is 16.8. The lowest BCUT2D eigenvalue weighted by molar-refractivity contribution is -0.137. The maximum absolute atomic E-state index is 13.2. The summed E-state index contributed by atoms with van der Waals surface area (Å²) in [4.78, 5) is 14.0. The van der Waals surface area contributed by atoms with Crippen LogP contribution in [0.4, 0.5) is 24.5 Å². The number of amides is 1. The molecule has 0 saturated carbocycles. The molecule has 0 aromatic heterocycles. The molecular weight excluding hydrogens is 431 g/mol. The van der Waals surface area contributed by atoms with Crippen molar-refractivity contribution in [2.75, 3.05) is 43.1 Å². The third-order valence-electron chi connectivity index (χ3n) is 4.54. The largest absolute Gasteiger partial charge is 0.484 e. The van der Waals surface area contributed by atoms with E-state index in [-0.39, 0.29) is 17.4 Å². The highest BCUT2D eigenvalue weighted by molar-refractivity contribution is 7.80. The molecular formula is C21H22F3N3O3S. The van der Waals surface area contributed by atoms with E-state index in [1.165, 1.54) is 6.07 Å². The maximum atomic E-state index is 13.2. The molecule has 1 aliphatic heterocycles. The monoisotopic (exact) mass is 453 g/mol. The number of nitrogens with zero attached hydrogens (tertiary/aromatic N) is 1. The highest BCUT2D eigenvalue weighted by Gasteiger charge is 2.31. The molecule has 166 valence electrons. The van der Waals surface area contributed by atoms with Crippen molar-refractivity contribution < 1.29 is 27.4 Å². The van der Waals surface area contributed by atoms with E-state index in [9.17, 15) is 18.0 Å². The van der Waals surface area contributed by atoms with Crippen molar-refractivity contribution in [2.24, 2.45) is 0 Å². The van der Waals surface area contributed by atoms with Crippen LogP contribution >= 0.6 is 12.2 Å². The number of morpholine rings is 1. The van der Waals surface area contributed by atoms with Crippen molar-refractivity contribution in [2.45, 2.75) is 13.1 Å². The molecule has 1 heterocycles. The molecule has 1 aliphatic rings. The first-order chi connectivity index (χ1) is 14.7. The fourth-order valence-electron chi connectivity index (χ4n) is 3.06. The predicted molar refractivity (Wildman–Crippen MR) is 116 cm³/mol. The molecule has 0 radical (unpaired) electrons. The van der Waals surface area contributed by atoms with Crippen LogP contribution in [0.25, 0.3) is 0 Å². The maximum Gasteiger partial charge on any atom is 0.416 e. The van der Waals surface area contributed by atoms with Gasteiger partial charge in [-0.15, -0.1) is 0 Å². The number of hydrogen-bond donors (Lipinski definition) is 2. The third kappa shape index (κ3) is 6.56. The van der Waals surface area contributed by atoms with Crippen molar-refractivity contribution in [1.82, 2.24) is 5.32 Å². The second-order valence-corrected chi connectivity index (χ2v) is 7.34. The lowest BCUT2D eigenvalue weighted by atomic mass is 10.1. The van der Waals surface area contributed by atoms with Gasteiger partial charge in [-0.1, -0.05) is 12.1 Å². The van der Waals surface area contributed by atoms with Gasteiger partial charge in [0.2, 0.25) is 0 Å². The Morgan fingerprint density at radius 1 is 1.19 bits per heavy atom. The van der Waals surface area contributed by atoms with Crippen LogP contribution in [0.2, 0.25) is 0 Å². The number of hydrogen-bond acceptors (Lipinski definition) is 5. The highest BCUT2D eigenvalue weighted by Crippen LogP contribution is 2.35. The molecule has 1 fully saturated rings. The Morgan fingerprint density at radius 2 is 1.94 bits per heavy atom. The Balaban J connectivity index is 1.67. The lowest BCUT2D eigenvalue weighted by Crippen LogP contribution is -2.39. The average Bonchev–Trinajstić information content (AvgIpc) is 2.72. The van der Waals surface area contributed by atoms with Gasteiger partial charge in [0.1, 0.15) is 5.75 Å². The number of alkyl halides is 3. The van der Waals surface area contributed by atoms with E-state index < -0.39 is 17.6 Å². The standard InChI is InChI=1S/C21H22F3N3O3S/c1-14-3-2-4-16(11-14)30-13-19(28)26-20(31)25-17-12-15(21(22,23)24)5-6-18(17)27-7-9-29-10-8-27/h2-6,11-12H,7-10,13H2,1H3,(H2,25,26,28,31). The Hall–Kier alpha value is -2.85. The first-order valence-electron chi connectivity index (χ1n) is 9.56. The quantitative estimate of drug-likeness (QED) is 0.673. The molecule has 0 atom stereocenters. The first kappa shape index (κ1) is 22.8. The minimum Gasteiger partial charge on any atom is -0.484 e. The van der Waals surface area contributed by atoms with Crippen molar-refractivity contribution in [1.29, 1.82) is 0 Å². The van der Waals surface area contributed by atoms with E-state index >= 15 is 0 Å². The van der Waals surface area contributed by atoms with Gasteiger partial charge in [0.15, 0.2) is 11.7 Å². The zero-order chi connectivity index (χ0) is 22.4. The fraction of sp³-hybridized carbons (Fsp3) is 0.333. The highest BCUT2D eigenvalue weighted by atomic mass is 32.1. The van der Waals surface area contributed by atoms with Crippen molar-refractivity contribution in [3.63, 3.8) is 0 Å². The number of anilines is 2. The molecule has 0 bridgehead atoms. The number of carbonyl (C=O) groups is 1. The second-order valence-electron chi connectivity index (χ2n) is 6.94. The Labute approximate surface area is 183 Å². The minimum atomic E-state index is -4.51. The van der Waals surface area contributed by atoms with Gasteiger partial charge in [-0.3, -0.25) is 10.1 Å². The second kappa shape index (κ2) is 9.97. The smallest absolute Gasteiger partial charge is 0.416 e. The summed E-state index contributed by atoms with van der Waals surface area (Å²) in [7, 11) is 0. The summed E-state index contributed by atoms with van der Waals surface area (Å²) in [6.45, 7) is 3.61. The predicted octanol–water partition coefficient (Wildman–Crippen LogP) is 3.74. The summed E-state index contributed by atoms with van der Waals surface area (Å²) in [5.74, 6) is 0.000384. The van der Waals surface area contributed by atoms with E-state index in [0.29, 0.717) is 37.7 Å². The van der Waals surface area contributed by atoms with Crippen molar-refractivity contribution in [3.8, 4) is 5.75 Å². The van der Waals surface area contributed by atoms with Crippen LogP contribution in [0.3, 0.4) is 0 Å². The number of thiocarbonyl (C=S) groups is 1. The summed E-state index contributed by atoms with van der Waals surface area (Å²) < 4.78 is 50.3. The first-order valence-corrected chi connectivity index (χ1v) is 9.97. The molecule has 10 heteroatoms. The molecule has 6 nitrogen and oxygen atoms in total. The van der Waals surface area contributed by atoms with E-state index in [0.717, 1.165) is 17.7 Å². The number of benzene rings is 2. The van der Waals surface area contributed by atoms with Gasteiger partial charge in [0.05, 0.1) is 30.2 Å². The van der Waals surface area contributed by atoms with Crippen molar-refractivity contribution >= 4 is 34.6 Å². The number of aryl methyl sites for hydroxylation is 1. The number of carbonyl (C=O) groups excluding carboxylic acids is 1. The van der Waals surface area contributed by atoms with Crippen LogP contribution < -0.4 is 20.3 Å². The molecule has 2 aromatic rings. The van der Waals surface area contributed by atoms with E-state index in [2.05, 4.69) is 10.6 Å². The van der Waals surface area contributed by atoms with E-state index in [4.69, 9.17) is 21.7 Å². The SMILES string of the molecule is Cc1cccc(OCC(=O)NC(=S)Nc2cc(C(F)(F)F)ccc2N2CCOCC2)c1. The topological polar surface area (TPSA) is 62.8 Å². The van der Waals surface area contributed by atoms with Gasteiger partial charge in [0, 0.05) is 13.1 Å². The Kier molecular flexibility index (Phi) is 7.34. The number of ether oxygens (including phenoxy) is 2. The van der Waals surface area contributed by atoms with Crippen LogP contribution in [0.1, 0.15) is 11.1 Å². The van der Waals surface area contributed by atoms with Crippen LogP contribution in [0.5, 0.6) is 5.75 Å². The third-order valence-corrected chi connectivity index (χ3v) is 4.74. The van der Waals surface area contributed by atoms with Gasteiger partial charge < -0.3 is 19.7 Å².